The van der Waals surface area contributed by atoms with Crippen molar-refractivity contribution in [1.29, 1.82) is 0 Å². The number of benzene rings is 1. The van der Waals surface area contributed by atoms with Gasteiger partial charge in [0, 0.05) is 51.0 Å². The van der Waals surface area contributed by atoms with Crippen molar-refractivity contribution in [2.45, 2.75) is 25.0 Å². The van der Waals surface area contributed by atoms with Gasteiger partial charge in [0.25, 0.3) is 5.91 Å². The number of hydrogen-bond acceptors (Lipinski definition) is 4. The molecular weight excluding hydrogens is 318 g/mol. The molecule has 7 heteroatoms. The van der Waals surface area contributed by atoms with Crippen molar-refractivity contribution >= 4 is 5.91 Å². The molecule has 2 atom stereocenters. The Kier molecular flexibility index (Phi) is 5.43. The van der Waals surface area contributed by atoms with E-state index in [1.54, 1.807) is 4.90 Å². The van der Waals surface area contributed by atoms with Gasteiger partial charge in [-0.05, 0) is 18.9 Å². The van der Waals surface area contributed by atoms with Crippen LogP contribution in [0.4, 0.5) is 8.78 Å². The largest absolute Gasteiger partial charge is 0.387 e. The van der Waals surface area contributed by atoms with Crippen LogP contribution in [0.25, 0.3) is 0 Å². The van der Waals surface area contributed by atoms with Crippen LogP contribution < -0.4 is 0 Å². The summed E-state index contributed by atoms with van der Waals surface area (Å²) >= 11 is 0. The molecule has 0 bridgehead atoms. The van der Waals surface area contributed by atoms with Gasteiger partial charge in [-0.2, -0.15) is 0 Å². The lowest BCUT2D eigenvalue weighted by molar-refractivity contribution is -0.142. The number of rotatable bonds is 4. The van der Waals surface area contributed by atoms with E-state index in [1.807, 2.05) is 4.90 Å². The summed E-state index contributed by atoms with van der Waals surface area (Å²) in [6.45, 7) is 3.25. The van der Waals surface area contributed by atoms with E-state index in [0.717, 1.165) is 25.0 Å². The molecule has 0 spiro atoms. The van der Waals surface area contributed by atoms with Gasteiger partial charge in [0.1, 0.15) is 17.7 Å². The Morgan fingerprint density at radius 1 is 1.29 bits per heavy atom. The van der Waals surface area contributed by atoms with Crippen molar-refractivity contribution < 1.29 is 23.4 Å². The van der Waals surface area contributed by atoms with Crippen LogP contribution in [0.15, 0.2) is 18.2 Å². The summed E-state index contributed by atoms with van der Waals surface area (Å²) in [6.07, 6.45) is 0.370. The molecule has 2 heterocycles. The van der Waals surface area contributed by atoms with Gasteiger partial charge >= 0.3 is 0 Å². The van der Waals surface area contributed by atoms with E-state index in [0.29, 0.717) is 32.8 Å². The third-order valence-electron chi connectivity index (χ3n) is 4.64. The van der Waals surface area contributed by atoms with Gasteiger partial charge in [-0.15, -0.1) is 0 Å². The number of aliphatic hydroxyl groups excluding tert-OH is 1. The Morgan fingerprint density at radius 3 is 2.67 bits per heavy atom. The fraction of sp³-hybridized carbons (Fsp3) is 0.588. The van der Waals surface area contributed by atoms with Crippen molar-refractivity contribution in [3.63, 3.8) is 0 Å². The third kappa shape index (κ3) is 3.91. The molecule has 2 aliphatic rings. The average molecular weight is 340 g/mol. The van der Waals surface area contributed by atoms with Crippen molar-refractivity contribution in [3.05, 3.63) is 35.4 Å². The highest BCUT2D eigenvalue weighted by molar-refractivity contribution is 5.81. The number of β-amino-alcohol motifs (C(OH)–C–C–N with tert-alkyl or cyclic N) is 1. The van der Waals surface area contributed by atoms with Gasteiger partial charge < -0.3 is 14.7 Å². The van der Waals surface area contributed by atoms with Crippen LogP contribution in [0.3, 0.4) is 0 Å². The summed E-state index contributed by atoms with van der Waals surface area (Å²) < 4.78 is 32.1. The predicted molar refractivity (Wildman–Crippen MR) is 83.3 cm³/mol. The number of amides is 1. The number of ether oxygens (including phenoxy) is 1. The Bertz CT molecular complexity index is 585. The molecule has 0 aliphatic carbocycles. The van der Waals surface area contributed by atoms with Crippen LogP contribution in [0, 0.1) is 11.6 Å². The van der Waals surface area contributed by atoms with E-state index in [9.17, 15) is 18.7 Å². The van der Waals surface area contributed by atoms with E-state index in [-0.39, 0.29) is 24.1 Å². The number of hydrogen-bond donors (Lipinski definition) is 1. The topological polar surface area (TPSA) is 53.0 Å². The minimum Gasteiger partial charge on any atom is -0.387 e. The van der Waals surface area contributed by atoms with Crippen LogP contribution in [0.1, 0.15) is 24.5 Å². The molecule has 1 aromatic carbocycles. The molecule has 1 amide bonds. The molecule has 0 saturated carbocycles. The Balaban J connectivity index is 1.50. The molecule has 3 rings (SSSR count). The third-order valence-corrected chi connectivity index (χ3v) is 4.64. The minimum atomic E-state index is -1.02. The van der Waals surface area contributed by atoms with Crippen LogP contribution in [-0.2, 0) is 9.53 Å². The molecule has 0 aromatic heterocycles. The first-order valence-electron chi connectivity index (χ1n) is 8.30. The molecule has 2 aliphatic heterocycles. The normalized spacial score (nSPS) is 23.5. The van der Waals surface area contributed by atoms with Gasteiger partial charge in [-0.1, -0.05) is 6.07 Å². The van der Waals surface area contributed by atoms with Crippen LogP contribution in [0.5, 0.6) is 0 Å². The lowest BCUT2D eigenvalue weighted by Crippen LogP contribution is -2.52. The van der Waals surface area contributed by atoms with Crippen molar-refractivity contribution in [3.8, 4) is 0 Å². The molecule has 0 radical (unpaired) electrons. The summed E-state index contributed by atoms with van der Waals surface area (Å²) in [5, 5.41) is 10.2. The van der Waals surface area contributed by atoms with E-state index in [2.05, 4.69) is 0 Å². The van der Waals surface area contributed by atoms with Crippen molar-refractivity contribution in [1.82, 2.24) is 9.80 Å². The Morgan fingerprint density at radius 2 is 2.04 bits per heavy atom. The second-order valence-electron chi connectivity index (χ2n) is 6.31. The maximum atomic E-state index is 13.7. The zero-order chi connectivity index (χ0) is 17.1. The van der Waals surface area contributed by atoms with Gasteiger partial charge in [-0.25, -0.2) is 8.78 Å². The van der Waals surface area contributed by atoms with E-state index >= 15 is 0 Å². The van der Waals surface area contributed by atoms with Crippen LogP contribution >= 0.6 is 0 Å². The summed E-state index contributed by atoms with van der Waals surface area (Å²) in [4.78, 5) is 16.0. The summed E-state index contributed by atoms with van der Waals surface area (Å²) in [6, 6.07) is 3.18. The number of halogens is 2. The maximum absolute atomic E-state index is 13.7. The molecule has 1 N–H and O–H groups in total. The van der Waals surface area contributed by atoms with E-state index < -0.39 is 17.7 Å². The number of aliphatic hydroxyl groups is 1. The lowest BCUT2D eigenvalue weighted by atomic mass is 10.1. The Labute approximate surface area is 139 Å². The number of carbonyl (C=O) groups excluding carboxylic acids is 1. The maximum Gasteiger partial charge on any atom is 0.251 e. The minimum absolute atomic E-state index is 0.0391. The monoisotopic (exact) mass is 340 g/mol. The van der Waals surface area contributed by atoms with Crippen molar-refractivity contribution in [2.24, 2.45) is 0 Å². The summed E-state index contributed by atoms with van der Waals surface area (Å²) in [7, 11) is 0. The van der Waals surface area contributed by atoms with E-state index in [4.69, 9.17) is 4.74 Å². The van der Waals surface area contributed by atoms with Gasteiger partial charge in [0.2, 0.25) is 0 Å². The van der Waals surface area contributed by atoms with Crippen molar-refractivity contribution in [2.75, 3.05) is 39.3 Å². The van der Waals surface area contributed by atoms with Gasteiger partial charge in [0.05, 0.1) is 6.10 Å². The standard InChI is InChI=1S/C17H22F2N2O3/c18-12-3-4-13(14(19)10-12)15(22)11-20-5-7-21(8-6-20)17(23)16-2-1-9-24-16/h3-4,10,15-16,22H,1-2,5-9,11H2. The molecule has 2 unspecified atom stereocenters. The second kappa shape index (κ2) is 7.55. The molecule has 1 aromatic rings. The second-order valence-corrected chi connectivity index (χ2v) is 6.31. The Hall–Kier alpha value is -1.57. The average Bonchev–Trinajstić information content (AvgIpc) is 3.09. The summed E-state index contributed by atoms with van der Waals surface area (Å²) in [5.41, 5.74) is 0.0919. The fourth-order valence-electron chi connectivity index (χ4n) is 3.24. The van der Waals surface area contributed by atoms with Crippen LogP contribution in [-0.4, -0.2) is 66.2 Å². The van der Waals surface area contributed by atoms with Crippen LogP contribution in [0.2, 0.25) is 0 Å². The zero-order valence-electron chi connectivity index (χ0n) is 13.5. The lowest BCUT2D eigenvalue weighted by Gasteiger charge is -2.36. The van der Waals surface area contributed by atoms with Gasteiger partial charge in [0.15, 0.2) is 0 Å². The predicted octanol–water partition coefficient (Wildman–Crippen LogP) is 1.32. The highest BCUT2D eigenvalue weighted by atomic mass is 19.1. The van der Waals surface area contributed by atoms with Gasteiger partial charge in [-0.3, -0.25) is 9.69 Å². The fourth-order valence-corrected chi connectivity index (χ4v) is 3.24. The SMILES string of the molecule is O=C(C1CCCO1)N1CCN(CC(O)c2ccc(F)cc2F)CC1. The first kappa shape index (κ1) is 17.3. The zero-order valence-corrected chi connectivity index (χ0v) is 13.5. The molecule has 5 nitrogen and oxygen atoms in total. The van der Waals surface area contributed by atoms with E-state index in [1.165, 1.54) is 6.07 Å². The molecule has 132 valence electrons. The molecule has 2 fully saturated rings. The number of carbonyl (C=O) groups is 1. The molecule has 24 heavy (non-hydrogen) atoms. The first-order chi connectivity index (χ1) is 11.5. The number of piperazine rings is 1. The molecular formula is C17H22F2N2O3. The highest BCUT2D eigenvalue weighted by Crippen LogP contribution is 2.20. The number of nitrogens with zero attached hydrogens (tertiary/aromatic N) is 2. The molecule has 2 saturated heterocycles. The quantitative estimate of drug-likeness (QED) is 0.898. The highest BCUT2D eigenvalue weighted by Gasteiger charge is 2.30. The summed E-state index contributed by atoms with van der Waals surface area (Å²) in [5.74, 6) is -1.36. The first-order valence-corrected chi connectivity index (χ1v) is 8.30. The smallest absolute Gasteiger partial charge is 0.251 e.